The Morgan fingerprint density at radius 1 is 1.29 bits per heavy atom. The lowest BCUT2D eigenvalue weighted by Gasteiger charge is -2.35. The van der Waals surface area contributed by atoms with Crippen molar-refractivity contribution >= 4 is 10.1 Å². The lowest BCUT2D eigenvalue weighted by Crippen LogP contribution is -2.37. The maximum absolute atomic E-state index is 11.2. The third-order valence-corrected chi connectivity index (χ3v) is 4.65. The van der Waals surface area contributed by atoms with Crippen LogP contribution in [-0.4, -0.2) is 18.2 Å². The van der Waals surface area contributed by atoms with Crippen molar-refractivity contribution in [3.05, 3.63) is 0 Å². The predicted octanol–water partition coefficient (Wildman–Crippen LogP) is 2.33. The number of rotatable bonds is 2. The number of hydrogen-bond donors (Lipinski definition) is 1. The minimum Gasteiger partial charge on any atom is -0.285 e. The second-order valence-electron chi connectivity index (χ2n) is 4.88. The van der Waals surface area contributed by atoms with Gasteiger partial charge in [0.1, 0.15) is 0 Å². The lowest BCUT2D eigenvalue weighted by atomic mass is 9.77. The first-order valence-electron chi connectivity index (χ1n) is 5.28. The van der Waals surface area contributed by atoms with E-state index in [1.807, 2.05) is 13.8 Å². The van der Waals surface area contributed by atoms with Gasteiger partial charge in [0.15, 0.2) is 0 Å². The second-order valence-corrected chi connectivity index (χ2v) is 6.51. The summed E-state index contributed by atoms with van der Waals surface area (Å²) in [7, 11) is -3.85. The van der Waals surface area contributed by atoms with Crippen LogP contribution in [0.2, 0.25) is 0 Å². The monoisotopic (exact) mass is 220 g/mol. The lowest BCUT2D eigenvalue weighted by molar-refractivity contribution is 0.229. The van der Waals surface area contributed by atoms with Crippen molar-refractivity contribution in [3.8, 4) is 0 Å². The maximum Gasteiger partial charge on any atom is 0.268 e. The van der Waals surface area contributed by atoms with Gasteiger partial charge < -0.3 is 0 Å². The van der Waals surface area contributed by atoms with Crippen molar-refractivity contribution in [2.75, 3.05) is 0 Å². The van der Waals surface area contributed by atoms with E-state index in [0.717, 1.165) is 12.8 Å². The molecule has 1 N–H and O–H groups in total. The van der Waals surface area contributed by atoms with Crippen molar-refractivity contribution in [2.45, 2.75) is 45.3 Å². The van der Waals surface area contributed by atoms with Crippen LogP contribution in [0, 0.1) is 17.8 Å². The van der Waals surface area contributed by atoms with Gasteiger partial charge in [-0.15, -0.1) is 0 Å². The van der Waals surface area contributed by atoms with E-state index in [2.05, 4.69) is 6.92 Å². The van der Waals surface area contributed by atoms with Gasteiger partial charge >= 0.3 is 0 Å². The van der Waals surface area contributed by atoms with E-state index in [0.29, 0.717) is 18.3 Å². The van der Waals surface area contributed by atoms with E-state index in [1.54, 1.807) is 0 Å². The van der Waals surface area contributed by atoms with Crippen LogP contribution in [0.25, 0.3) is 0 Å². The van der Waals surface area contributed by atoms with Gasteiger partial charge in [-0.25, -0.2) is 0 Å². The zero-order chi connectivity index (χ0) is 10.9. The van der Waals surface area contributed by atoms with Crippen molar-refractivity contribution < 1.29 is 13.0 Å². The van der Waals surface area contributed by atoms with Gasteiger partial charge in [0.25, 0.3) is 10.1 Å². The molecule has 0 amide bonds. The first-order valence-corrected chi connectivity index (χ1v) is 6.79. The van der Waals surface area contributed by atoms with Crippen LogP contribution in [0.5, 0.6) is 0 Å². The zero-order valence-electron chi connectivity index (χ0n) is 9.10. The van der Waals surface area contributed by atoms with Gasteiger partial charge in [-0.05, 0) is 30.6 Å². The SMILES string of the molecule is CC(C)[C@@H]1CC[C@@H](C)C[C@@H]1S(=O)(=O)O. The molecular weight excluding hydrogens is 200 g/mol. The summed E-state index contributed by atoms with van der Waals surface area (Å²) < 4.78 is 31.6. The van der Waals surface area contributed by atoms with E-state index >= 15 is 0 Å². The molecule has 0 radical (unpaired) electrons. The van der Waals surface area contributed by atoms with E-state index in [4.69, 9.17) is 4.55 Å². The summed E-state index contributed by atoms with van der Waals surface area (Å²) >= 11 is 0. The average Bonchev–Trinajstić information content (AvgIpc) is 2.01. The Hall–Kier alpha value is -0.0900. The molecule has 0 spiro atoms. The van der Waals surface area contributed by atoms with Crippen LogP contribution in [0.4, 0.5) is 0 Å². The van der Waals surface area contributed by atoms with Gasteiger partial charge in [0, 0.05) is 0 Å². The van der Waals surface area contributed by atoms with Gasteiger partial charge in [0.05, 0.1) is 5.25 Å². The molecule has 4 heteroatoms. The van der Waals surface area contributed by atoms with Crippen molar-refractivity contribution in [1.82, 2.24) is 0 Å². The zero-order valence-corrected chi connectivity index (χ0v) is 9.92. The van der Waals surface area contributed by atoms with E-state index in [-0.39, 0.29) is 5.92 Å². The summed E-state index contributed by atoms with van der Waals surface area (Å²) in [6, 6.07) is 0. The summed E-state index contributed by atoms with van der Waals surface area (Å²) in [5.74, 6) is 0.868. The first kappa shape index (κ1) is 12.0. The van der Waals surface area contributed by atoms with E-state index < -0.39 is 15.4 Å². The van der Waals surface area contributed by atoms with Crippen LogP contribution in [0.1, 0.15) is 40.0 Å². The summed E-state index contributed by atoms with van der Waals surface area (Å²) in [6.45, 7) is 6.10. The van der Waals surface area contributed by atoms with E-state index in [1.165, 1.54) is 0 Å². The molecule has 3 nitrogen and oxygen atoms in total. The van der Waals surface area contributed by atoms with Gasteiger partial charge in [-0.3, -0.25) is 4.55 Å². The molecule has 0 aromatic rings. The topological polar surface area (TPSA) is 54.4 Å². The average molecular weight is 220 g/mol. The molecular formula is C10H20O3S. The summed E-state index contributed by atoms with van der Waals surface area (Å²) in [5, 5.41) is -0.536. The van der Waals surface area contributed by atoms with Crippen molar-refractivity contribution in [3.63, 3.8) is 0 Å². The highest BCUT2D eigenvalue weighted by molar-refractivity contribution is 7.86. The van der Waals surface area contributed by atoms with Crippen LogP contribution in [0.15, 0.2) is 0 Å². The normalized spacial score (nSPS) is 34.8. The van der Waals surface area contributed by atoms with Crippen LogP contribution < -0.4 is 0 Å². The van der Waals surface area contributed by atoms with E-state index in [9.17, 15) is 8.42 Å². The van der Waals surface area contributed by atoms with Crippen LogP contribution >= 0.6 is 0 Å². The molecule has 0 aromatic heterocycles. The van der Waals surface area contributed by atoms with Crippen molar-refractivity contribution in [2.24, 2.45) is 17.8 Å². The summed E-state index contributed by atoms with van der Waals surface area (Å²) in [5.41, 5.74) is 0. The van der Waals surface area contributed by atoms with Crippen molar-refractivity contribution in [1.29, 1.82) is 0 Å². The van der Waals surface area contributed by atoms with Gasteiger partial charge in [0.2, 0.25) is 0 Å². The minimum absolute atomic E-state index is 0.126. The Balaban J connectivity index is 2.85. The fraction of sp³-hybridized carbons (Fsp3) is 1.00. The van der Waals surface area contributed by atoms with Gasteiger partial charge in [-0.2, -0.15) is 8.42 Å². The van der Waals surface area contributed by atoms with Crippen LogP contribution in [0.3, 0.4) is 0 Å². The Bertz CT molecular complexity index is 282. The second kappa shape index (κ2) is 4.19. The molecule has 1 saturated carbocycles. The maximum atomic E-state index is 11.2. The molecule has 14 heavy (non-hydrogen) atoms. The molecule has 1 fully saturated rings. The third-order valence-electron chi connectivity index (χ3n) is 3.34. The minimum atomic E-state index is -3.85. The Morgan fingerprint density at radius 2 is 1.86 bits per heavy atom. The molecule has 0 aliphatic heterocycles. The molecule has 1 aliphatic rings. The Labute approximate surface area is 86.6 Å². The predicted molar refractivity (Wildman–Crippen MR) is 56.7 cm³/mol. The molecule has 1 aliphatic carbocycles. The fourth-order valence-electron chi connectivity index (χ4n) is 2.46. The standard InChI is InChI=1S/C10H20O3S/c1-7(2)9-5-4-8(3)6-10(9)14(11,12)13/h7-10H,4-6H2,1-3H3,(H,11,12,13)/t8-,9+,10+/m1/s1. The molecule has 3 atom stereocenters. The molecule has 0 heterocycles. The molecule has 84 valence electrons. The first-order chi connectivity index (χ1) is 6.32. The third kappa shape index (κ3) is 2.70. The highest BCUT2D eigenvalue weighted by Gasteiger charge is 2.38. The number of hydrogen-bond acceptors (Lipinski definition) is 2. The largest absolute Gasteiger partial charge is 0.285 e. The summed E-state index contributed by atoms with van der Waals surface area (Å²) in [4.78, 5) is 0. The molecule has 0 saturated heterocycles. The molecule has 0 bridgehead atoms. The molecule has 0 aromatic carbocycles. The molecule has 0 unspecified atom stereocenters. The smallest absolute Gasteiger partial charge is 0.268 e. The highest BCUT2D eigenvalue weighted by atomic mass is 32.2. The van der Waals surface area contributed by atoms with Crippen LogP contribution in [-0.2, 0) is 10.1 Å². The summed E-state index contributed by atoms with van der Waals surface area (Å²) in [6.07, 6.45) is 2.61. The fourth-order valence-corrected chi connectivity index (χ4v) is 3.92. The Kier molecular flexibility index (Phi) is 3.58. The Morgan fingerprint density at radius 3 is 2.29 bits per heavy atom. The van der Waals surface area contributed by atoms with Gasteiger partial charge in [-0.1, -0.05) is 27.2 Å². The highest BCUT2D eigenvalue weighted by Crippen LogP contribution is 2.36. The quantitative estimate of drug-likeness (QED) is 0.727. The molecule has 1 rings (SSSR count).